The highest BCUT2D eigenvalue weighted by atomic mass is 32.1. The van der Waals surface area contributed by atoms with Crippen molar-refractivity contribution in [3.05, 3.63) is 78.0 Å². The molecule has 4 N–H and O–H groups in total. The maximum atomic E-state index is 14.4. The number of nitrogens with two attached hydrogens (primary N) is 1. The molecule has 1 saturated heterocycles. The molecule has 10 nitrogen and oxygen atoms in total. The van der Waals surface area contributed by atoms with Gasteiger partial charge < -0.3 is 30.2 Å². The molecule has 0 bridgehead atoms. The number of hydrogen-bond acceptors (Lipinski definition) is 9. The molecule has 0 saturated carbocycles. The van der Waals surface area contributed by atoms with E-state index in [0.29, 0.717) is 52.4 Å². The number of pyridine rings is 1. The Morgan fingerprint density at radius 1 is 0.978 bits per heavy atom. The number of nitrogens with one attached hydrogen (secondary N) is 2. The van der Waals surface area contributed by atoms with Crippen LogP contribution in [0.2, 0.25) is 0 Å². The second kappa shape index (κ2) is 14.0. The number of methoxy groups -OCH3 is 1. The third kappa shape index (κ3) is 7.30. The monoisotopic (exact) mass is 659 g/mol. The van der Waals surface area contributed by atoms with Crippen LogP contribution in [-0.2, 0) is 9.53 Å². The van der Waals surface area contributed by atoms with Crippen LogP contribution in [0.1, 0.15) is 36.1 Å². The number of aromatic nitrogens is 1. The average Bonchev–Trinajstić information content (AvgIpc) is 3.51. The lowest BCUT2D eigenvalue weighted by Gasteiger charge is -2.31. The number of nitrogens with zero attached hydrogens (tertiary/aromatic N) is 2. The summed E-state index contributed by atoms with van der Waals surface area (Å²) in [5, 5.41) is 7.18. The summed E-state index contributed by atoms with van der Waals surface area (Å²) in [4.78, 5) is 32.5. The Kier molecular flexibility index (Phi) is 9.90. The number of hydrogen-bond donors (Lipinski definition) is 4. The third-order valence-electron chi connectivity index (χ3n) is 7.44. The fourth-order valence-electron chi connectivity index (χ4n) is 5.42. The quantitative estimate of drug-likeness (QED) is 0.106. The number of halogens is 4. The molecule has 242 valence electrons. The van der Waals surface area contributed by atoms with Crippen molar-refractivity contribution in [3.8, 4) is 11.5 Å². The number of benzene rings is 3. The molecule has 46 heavy (non-hydrogen) atoms. The number of rotatable bonds is 10. The summed E-state index contributed by atoms with van der Waals surface area (Å²) in [5.41, 5.74) is 7.72. The zero-order valence-electron chi connectivity index (χ0n) is 24.3. The largest absolute Gasteiger partial charge is 0.453 e. The summed E-state index contributed by atoms with van der Waals surface area (Å²) in [6, 6.07) is 13.7. The zero-order chi connectivity index (χ0) is 33.0. The topological polar surface area (TPSA) is 128 Å². The Balaban J connectivity index is 1.55. The molecule has 1 aliphatic heterocycles. The molecular formula is C31H29F4N5O5S. The fraction of sp³-hybridized carbons (Fsp3) is 0.258. The molecule has 3 aromatic carbocycles. The van der Waals surface area contributed by atoms with Crippen LogP contribution >= 0.6 is 12.6 Å². The van der Waals surface area contributed by atoms with Crippen LogP contribution in [0.3, 0.4) is 0 Å². The maximum Gasteiger partial charge on any atom is 0.411 e. The van der Waals surface area contributed by atoms with E-state index in [2.05, 4.69) is 42.5 Å². The molecule has 0 radical (unpaired) electrons. The molecule has 0 spiro atoms. The molecule has 0 unspecified atom stereocenters. The van der Waals surface area contributed by atoms with Gasteiger partial charge in [-0.2, -0.15) is 17.6 Å². The number of amides is 2. The Labute approximate surface area is 266 Å². The first-order chi connectivity index (χ1) is 22.0. The number of anilines is 3. The summed E-state index contributed by atoms with van der Waals surface area (Å²) in [6.07, 6.45) is 2.06. The van der Waals surface area contributed by atoms with Gasteiger partial charge in [0.2, 0.25) is 5.91 Å². The lowest BCUT2D eigenvalue weighted by Crippen LogP contribution is -2.38. The molecule has 2 amide bonds. The summed E-state index contributed by atoms with van der Waals surface area (Å²) in [5.74, 6) is -1.41. The lowest BCUT2D eigenvalue weighted by molar-refractivity contribution is -0.133. The van der Waals surface area contributed by atoms with Gasteiger partial charge in [0.15, 0.2) is 11.5 Å². The molecule has 1 fully saturated rings. The smallest absolute Gasteiger partial charge is 0.411 e. The normalized spacial score (nSPS) is 15.2. The first kappa shape index (κ1) is 32.5. The van der Waals surface area contributed by atoms with E-state index in [-0.39, 0.29) is 5.56 Å². The molecule has 1 aromatic heterocycles. The van der Waals surface area contributed by atoms with Gasteiger partial charge in [0, 0.05) is 34.4 Å². The van der Waals surface area contributed by atoms with Gasteiger partial charge in [-0.1, -0.05) is 6.07 Å². The van der Waals surface area contributed by atoms with Crippen molar-refractivity contribution < 1.29 is 41.4 Å². The van der Waals surface area contributed by atoms with E-state index in [1.165, 1.54) is 19.4 Å². The number of carbonyl (C=O) groups is 2. The highest BCUT2D eigenvalue weighted by Gasteiger charge is 2.36. The van der Waals surface area contributed by atoms with Crippen molar-refractivity contribution in [1.29, 1.82) is 0 Å². The van der Waals surface area contributed by atoms with Gasteiger partial charge in [-0.05, 0) is 84.0 Å². The fourth-order valence-corrected chi connectivity index (χ4v) is 5.71. The molecule has 2 heterocycles. The molecular weight excluding hydrogens is 630 g/mol. The minimum atomic E-state index is -3.35. The van der Waals surface area contributed by atoms with Gasteiger partial charge >= 0.3 is 19.3 Å². The Morgan fingerprint density at radius 3 is 2.46 bits per heavy atom. The van der Waals surface area contributed by atoms with Crippen LogP contribution in [0.4, 0.5) is 39.5 Å². The van der Waals surface area contributed by atoms with Crippen molar-refractivity contribution >= 4 is 52.6 Å². The summed E-state index contributed by atoms with van der Waals surface area (Å²) < 4.78 is 66.3. The van der Waals surface area contributed by atoms with Crippen LogP contribution in [0.15, 0.2) is 71.8 Å². The number of nitrogen functional groups attached to an aromatic ring is 1. The first-order valence-corrected chi connectivity index (χ1v) is 14.4. The van der Waals surface area contributed by atoms with Gasteiger partial charge in [-0.3, -0.25) is 10.1 Å². The highest BCUT2D eigenvalue weighted by Crippen LogP contribution is 2.40. The maximum absolute atomic E-state index is 14.4. The second-order valence-electron chi connectivity index (χ2n) is 10.3. The summed E-state index contributed by atoms with van der Waals surface area (Å²) in [6.45, 7) is -6.30. The Bertz CT molecular complexity index is 1750. The van der Waals surface area contributed by atoms with Gasteiger partial charge in [0.05, 0.1) is 13.2 Å². The van der Waals surface area contributed by atoms with Crippen molar-refractivity contribution in [1.82, 2.24) is 9.88 Å². The summed E-state index contributed by atoms with van der Waals surface area (Å²) in [7, 11) is 1.24. The molecule has 0 aliphatic carbocycles. The predicted octanol–water partition coefficient (Wildman–Crippen LogP) is 7.00. The molecule has 1 aliphatic rings. The number of thiol groups is 1. The minimum Gasteiger partial charge on any atom is -0.453 e. The van der Waals surface area contributed by atoms with Crippen molar-refractivity contribution in [2.24, 2.45) is 0 Å². The van der Waals surface area contributed by atoms with Crippen molar-refractivity contribution in [2.75, 3.05) is 30.0 Å². The first-order valence-electron chi connectivity index (χ1n) is 14.0. The van der Waals surface area contributed by atoms with Gasteiger partial charge in [0.25, 0.3) is 0 Å². The van der Waals surface area contributed by atoms with Gasteiger partial charge in [-0.25, -0.2) is 9.78 Å². The lowest BCUT2D eigenvalue weighted by atomic mass is 10.00. The standard InChI is InChI=1S/C31H29F4N5O5S/c1-43-31(42)39-19-6-9-25(46)21(15-19)22-3-2-12-40(22)28(41)26(38-18-5-7-20-16(13-18)10-11-37-27(20)36)17-4-8-23(44-29(32)33)24(14-17)45-30(34)35/h4-11,13-15,22,26,29-30,38,46H,2-3,12H2,1H3,(H2,36,37)(H,39,42)/t22-,26-/m1/s1. The Hall–Kier alpha value is -4.92. The number of carbonyl (C=O) groups excluding carboxylic acids is 2. The van der Waals surface area contributed by atoms with Crippen molar-refractivity contribution in [3.63, 3.8) is 0 Å². The number of likely N-dealkylation sites (tertiary alicyclic amines) is 1. The van der Waals surface area contributed by atoms with E-state index in [1.54, 1.807) is 47.4 Å². The minimum absolute atomic E-state index is 0.148. The van der Waals surface area contributed by atoms with Crippen LogP contribution in [-0.4, -0.2) is 48.8 Å². The highest BCUT2D eigenvalue weighted by molar-refractivity contribution is 7.80. The van der Waals surface area contributed by atoms with E-state index >= 15 is 0 Å². The van der Waals surface area contributed by atoms with E-state index in [0.717, 1.165) is 17.5 Å². The average molecular weight is 660 g/mol. The van der Waals surface area contributed by atoms with Crippen LogP contribution in [0, 0.1) is 0 Å². The predicted molar refractivity (Wildman–Crippen MR) is 166 cm³/mol. The molecule has 4 aromatic rings. The molecule has 2 atom stereocenters. The van der Waals surface area contributed by atoms with Crippen LogP contribution in [0.5, 0.6) is 11.5 Å². The zero-order valence-corrected chi connectivity index (χ0v) is 25.1. The van der Waals surface area contributed by atoms with Crippen LogP contribution < -0.4 is 25.8 Å². The van der Waals surface area contributed by atoms with E-state index < -0.39 is 48.8 Å². The number of ether oxygens (including phenoxy) is 3. The number of alkyl halides is 4. The second-order valence-corrected chi connectivity index (χ2v) is 10.7. The molecule has 5 rings (SSSR count). The third-order valence-corrected chi connectivity index (χ3v) is 7.85. The Morgan fingerprint density at radius 2 is 1.72 bits per heavy atom. The molecule has 15 heteroatoms. The van der Waals surface area contributed by atoms with Crippen molar-refractivity contribution in [2.45, 2.75) is 43.0 Å². The van der Waals surface area contributed by atoms with Crippen LogP contribution in [0.25, 0.3) is 10.8 Å². The number of fused-ring (bicyclic) bond motifs is 1. The van der Waals surface area contributed by atoms with E-state index in [4.69, 9.17) is 5.73 Å². The van der Waals surface area contributed by atoms with Gasteiger partial charge in [0.1, 0.15) is 11.9 Å². The van der Waals surface area contributed by atoms with Gasteiger partial charge in [-0.15, -0.1) is 12.6 Å². The van der Waals surface area contributed by atoms with E-state index in [9.17, 15) is 27.2 Å². The summed E-state index contributed by atoms with van der Waals surface area (Å²) >= 11 is 4.60. The SMILES string of the molecule is COC(=O)Nc1ccc(S)c([C@H]2CCCN2C(=O)[C@H](Nc2ccc3c(N)nccc3c2)c2ccc(OC(F)F)c(OC(F)F)c2)c1. The van der Waals surface area contributed by atoms with E-state index in [1.807, 2.05) is 0 Å².